The number of hydrogen-bond donors (Lipinski definition) is 1. The van der Waals surface area contributed by atoms with Crippen LogP contribution in [0.4, 0.5) is 0 Å². The number of ether oxygens (including phenoxy) is 1. The molecule has 0 unspecified atom stereocenters. The minimum absolute atomic E-state index is 0.464. The van der Waals surface area contributed by atoms with Crippen molar-refractivity contribution in [3.8, 4) is 5.75 Å². The van der Waals surface area contributed by atoms with Gasteiger partial charge in [-0.3, -0.25) is 0 Å². The van der Waals surface area contributed by atoms with Crippen molar-refractivity contribution in [2.75, 3.05) is 6.61 Å². The van der Waals surface area contributed by atoms with Crippen molar-refractivity contribution in [2.45, 2.75) is 6.61 Å². The van der Waals surface area contributed by atoms with Crippen LogP contribution in [0.15, 0.2) is 58.2 Å². The van der Waals surface area contributed by atoms with E-state index >= 15 is 0 Å². The van der Waals surface area contributed by atoms with Crippen molar-refractivity contribution in [1.29, 1.82) is 0 Å². The molecule has 0 saturated heterocycles. The molecule has 134 valence electrons. The SMILES string of the molecule is Cn1c(C=NOCC(=O)O)cc2cc(OCc3cccc(Br)c3)ccc21. The molecular formula is C19H17BrN2O4. The molecule has 3 rings (SSSR count). The summed E-state index contributed by atoms with van der Waals surface area (Å²) in [5.74, 6) is -0.292. The first-order chi connectivity index (χ1) is 12.5. The Morgan fingerprint density at radius 3 is 2.88 bits per heavy atom. The van der Waals surface area contributed by atoms with Crippen molar-refractivity contribution in [2.24, 2.45) is 12.2 Å². The zero-order chi connectivity index (χ0) is 18.5. The standard InChI is InChI=1S/C19H17BrN2O4/c1-22-16(10-21-26-12-19(23)24)8-14-9-17(5-6-18(14)22)25-11-13-3-2-4-15(20)7-13/h2-10H,11-12H2,1H3,(H,23,24). The largest absolute Gasteiger partial charge is 0.489 e. The summed E-state index contributed by atoms with van der Waals surface area (Å²) in [5, 5.41) is 13.2. The second kappa shape index (κ2) is 8.05. The average Bonchev–Trinajstić information content (AvgIpc) is 2.92. The number of nitrogens with zero attached hydrogens (tertiary/aromatic N) is 2. The molecule has 26 heavy (non-hydrogen) atoms. The minimum Gasteiger partial charge on any atom is -0.489 e. The lowest BCUT2D eigenvalue weighted by Gasteiger charge is -2.07. The smallest absolute Gasteiger partial charge is 0.344 e. The summed E-state index contributed by atoms with van der Waals surface area (Å²) in [6, 6.07) is 15.8. The van der Waals surface area contributed by atoms with Gasteiger partial charge in [0.05, 0.1) is 11.9 Å². The molecule has 1 heterocycles. The monoisotopic (exact) mass is 416 g/mol. The van der Waals surface area contributed by atoms with Crippen molar-refractivity contribution >= 4 is 39.0 Å². The van der Waals surface area contributed by atoms with E-state index in [2.05, 4.69) is 21.1 Å². The van der Waals surface area contributed by atoms with Gasteiger partial charge in [0.1, 0.15) is 12.4 Å². The van der Waals surface area contributed by atoms with Crippen molar-refractivity contribution in [1.82, 2.24) is 4.57 Å². The molecule has 3 aromatic rings. The normalized spacial score (nSPS) is 11.2. The molecule has 0 atom stereocenters. The number of oxime groups is 1. The Morgan fingerprint density at radius 2 is 2.12 bits per heavy atom. The molecule has 2 aromatic carbocycles. The summed E-state index contributed by atoms with van der Waals surface area (Å²) in [7, 11) is 1.91. The van der Waals surface area contributed by atoms with E-state index in [0.29, 0.717) is 6.61 Å². The highest BCUT2D eigenvalue weighted by Crippen LogP contribution is 2.24. The zero-order valence-corrected chi connectivity index (χ0v) is 15.6. The number of halogens is 1. The van der Waals surface area contributed by atoms with E-state index in [0.717, 1.165) is 32.4 Å². The molecular weight excluding hydrogens is 400 g/mol. The first-order valence-electron chi connectivity index (χ1n) is 7.87. The maximum Gasteiger partial charge on any atom is 0.344 e. The third kappa shape index (κ3) is 4.43. The van der Waals surface area contributed by atoms with Gasteiger partial charge in [0.25, 0.3) is 0 Å². The summed E-state index contributed by atoms with van der Waals surface area (Å²) in [5.41, 5.74) is 2.89. The van der Waals surface area contributed by atoms with Crippen LogP contribution in [-0.2, 0) is 23.3 Å². The first-order valence-corrected chi connectivity index (χ1v) is 8.66. The van der Waals surface area contributed by atoms with Crippen LogP contribution in [0.3, 0.4) is 0 Å². The van der Waals surface area contributed by atoms with Crippen LogP contribution in [0.25, 0.3) is 10.9 Å². The molecule has 0 spiro atoms. The Morgan fingerprint density at radius 1 is 1.27 bits per heavy atom. The fourth-order valence-corrected chi connectivity index (χ4v) is 2.99. The first kappa shape index (κ1) is 18.0. The quantitative estimate of drug-likeness (QED) is 0.467. The Labute approximate surface area is 158 Å². The number of aryl methyl sites for hydroxylation is 1. The topological polar surface area (TPSA) is 73.1 Å². The number of carbonyl (C=O) groups is 1. The lowest BCUT2D eigenvalue weighted by atomic mass is 10.2. The van der Waals surface area contributed by atoms with Crippen LogP contribution in [-0.4, -0.2) is 28.5 Å². The van der Waals surface area contributed by atoms with Gasteiger partial charge in [-0.1, -0.05) is 33.2 Å². The predicted molar refractivity (Wildman–Crippen MR) is 103 cm³/mol. The van der Waals surface area contributed by atoms with E-state index < -0.39 is 12.6 Å². The molecule has 0 saturated carbocycles. The molecule has 7 heteroatoms. The molecule has 0 fully saturated rings. The van der Waals surface area contributed by atoms with Crippen molar-refractivity contribution in [3.05, 3.63) is 64.3 Å². The zero-order valence-electron chi connectivity index (χ0n) is 14.1. The Kier molecular flexibility index (Phi) is 5.58. The molecule has 0 aliphatic heterocycles. The second-order valence-electron chi connectivity index (χ2n) is 5.67. The van der Waals surface area contributed by atoms with E-state index in [1.54, 1.807) is 0 Å². The summed E-state index contributed by atoms with van der Waals surface area (Å²) >= 11 is 3.45. The van der Waals surface area contributed by atoms with Crippen LogP contribution in [0.1, 0.15) is 11.3 Å². The van der Waals surface area contributed by atoms with Gasteiger partial charge in [0.2, 0.25) is 6.61 Å². The van der Waals surface area contributed by atoms with Gasteiger partial charge in [-0.25, -0.2) is 4.79 Å². The third-order valence-electron chi connectivity index (χ3n) is 3.79. The average molecular weight is 417 g/mol. The van der Waals surface area contributed by atoms with Crippen LogP contribution in [0.2, 0.25) is 0 Å². The van der Waals surface area contributed by atoms with E-state index in [4.69, 9.17) is 14.7 Å². The fraction of sp³-hybridized carbons (Fsp3) is 0.158. The number of carboxylic acids is 1. The Bertz CT molecular complexity index is 965. The van der Waals surface area contributed by atoms with Gasteiger partial charge in [0.15, 0.2) is 0 Å². The maximum absolute atomic E-state index is 10.4. The highest BCUT2D eigenvalue weighted by atomic mass is 79.9. The lowest BCUT2D eigenvalue weighted by molar-refractivity contribution is -0.142. The van der Waals surface area contributed by atoms with E-state index in [-0.39, 0.29) is 0 Å². The summed E-state index contributed by atoms with van der Waals surface area (Å²) in [4.78, 5) is 15.1. The van der Waals surface area contributed by atoms with E-state index in [1.165, 1.54) is 6.21 Å². The summed E-state index contributed by atoms with van der Waals surface area (Å²) in [6.45, 7) is 0.0170. The molecule has 6 nitrogen and oxygen atoms in total. The summed E-state index contributed by atoms with van der Waals surface area (Å²) in [6.07, 6.45) is 1.49. The van der Waals surface area contributed by atoms with Gasteiger partial charge in [0, 0.05) is 22.4 Å². The van der Waals surface area contributed by atoms with Crippen LogP contribution < -0.4 is 4.74 Å². The van der Waals surface area contributed by atoms with Gasteiger partial charge in [-0.15, -0.1) is 0 Å². The van der Waals surface area contributed by atoms with Gasteiger partial charge in [-0.2, -0.15) is 0 Å². The number of hydrogen-bond acceptors (Lipinski definition) is 4. The number of aromatic nitrogens is 1. The van der Waals surface area contributed by atoms with Gasteiger partial charge >= 0.3 is 5.97 Å². The van der Waals surface area contributed by atoms with E-state index in [9.17, 15) is 4.79 Å². The third-order valence-corrected chi connectivity index (χ3v) is 4.29. The molecule has 0 aliphatic carbocycles. The highest BCUT2D eigenvalue weighted by Gasteiger charge is 2.06. The van der Waals surface area contributed by atoms with Crippen LogP contribution in [0.5, 0.6) is 5.75 Å². The number of aliphatic carboxylic acids is 1. The highest BCUT2D eigenvalue weighted by molar-refractivity contribution is 9.10. The number of carboxylic acid groups (broad SMARTS) is 1. The van der Waals surface area contributed by atoms with Gasteiger partial charge in [-0.05, 0) is 42.0 Å². The minimum atomic E-state index is -1.06. The van der Waals surface area contributed by atoms with Crippen molar-refractivity contribution < 1.29 is 19.5 Å². The number of fused-ring (bicyclic) bond motifs is 1. The fourth-order valence-electron chi connectivity index (χ4n) is 2.54. The molecule has 0 bridgehead atoms. The number of benzene rings is 2. The Balaban J connectivity index is 1.73. The number of rotatable bonds is 7. The van der Waals surface area contributed by atoms with Crippen LogP contribution in [0, 0.1) is 0 Å². The molecule has 0 radical (unpaired) electrons. The van der Waals surface area contributed by atoms with E-state index in [1.807, 2.05) is 60.1 Å². The second-order valence-corrected chi connectivity index (χ2v) is 6.58. The summed E-state index contributed by atoms with van der Waals surface area (Å²) < 4.78 is 8.84. The molecule has 1 aromatic heterocycles. The Hall–Kier alpha value is -2.80. The molecule has 0 aliphatic rings. The maximum atomic E-state index is 10.4. The van der Waals surface area contributed by atoms with Crippen LogP contribution >= 0.6 is 15.9 Å². The van der Waals surface area contributed by atoms with Gasteiger partial charge < -0.3 is 19.2 Å². The molecule has 0 amide bonds. The predicted octanol–water partition coefficient (Wildman–Crippen LogP) is 3.95. The van der Waals surface area contributed by atoms with Crippen molar-refractivity contribution in [3.63, 3.8) is 0 Å². The molecule has 1 N–H and O–H groups in total. The lowest BCUT2D eigenvalue weighted by Crippen LogP contribution is -2.03.